The van der Waals surface area contributed by atoms with Crippen LogP contribution >= 0.6 is 0 Å². The quantitative estimate of drug-likeness (QED) is 0.870. The summed E-state index contributed by atoms with van der Waals surface area (Å²) < 4.78 is 5.26. The maximum atomic E-state index is 5.26. The molecule has 1 aliphatic carbocycles. The smallest absolute Gasteiger partial charge is 0.118 e. The first-order valence-electron chi connectivity index (χ1n) is 7.59. The molecule has 3 atom stereocenters. The molecule has 0 aromatic heterocycles. The highest BCUT2D eigenvalue weighted by molar-refractivity contribution is 5.30. The van der Waals surface area contributed by atoms with Crippen LogP contribution in [0.15, 0.2) is 24.3 Å². The van der Waals surface area contributed by atoms with Gasteiger partial charge in [-0.2, -0.15) is 0 Å². The van der Waals surface area contributed by atoms with Crippen LogP contribution in [0.25, 0.3) is 0 Å². The number of methoxy groups -OCH3 is 1. The lowest BCUT2D eigenvalue weighted by molar-refractivity contribution is 0.242. The SMILES string of the molecule is CCNCC1CCC(C)CC1c1ccc(OC)cc1. The Morgan fingerprint density at radius 1 is 1.21 bits per heavy atom. The second-order valence-electron chi connectivity index (χ2n) is 5.87. The van der Waals surface area contributed by atoms with E-state index in [0.717, 1.165) is 30.7 Å². The lowest BCUT2D eigenvalue weighted by atomic mass is 9.71. The Bertz CT molecular complexity index is 371. The third-order valence-corrected chi connectivity index (χ3v) is 4.46. The number of ether oxygens (including phenoxy) is 1. The number of nitrogens with one attached hydrogen (secondary N) is 1. The molecule has 2 heteroatoms. The summed E-state index contributed by atoms with van der Waals surface area (Å²) >= 11 is 0. The van der Waals surface area contributed by atoms with Crippen molar-refractivity contribution in [1.82, 2.24) is 5.32 Å². The fraction of sp³-hybridized carbons (Fsp3) is 0.647. The predicted octanol–water partition coefficient (Wildman–Crippen LogP) is 3.82. The fourth-order valence-electron chi connectivity index (χ4n) is 3.28. The fourth-order valence-corrected chi connectivity index (χ4v) is 3.28. The summed E-state index contributed by atoms with van der Waals surface area (Å²) in [6.07, 6.45) is 4.05. The molecule has 0 aliphatic heterocycles. The van der Waals surface area contributed by atoms with Gasteiger partial charge in [0.25, 0.3) is 0 Å². The number of hydrogen-bond donors (Lipinski definition) is 1. The summed E-state index contributed by atoms with van der Waals surface area (Å²) in [7, 11) is 1.73. The molecule has 2 nitrogen and oxygen atoms in total. The molecule has 0 bridgehead atoms. The van der Waals surface area contributed by atoms with Gasteiger partial charge in [0.1, 0.15) is 5.75 Å². The molecule has 106 valence electrons. The summed E-state index contributed by atoms with van der Waals surface area (Å²) in [5.74, 6) is 3.29. The average Bonchev–Trinajstić information content (AvgIpc) is 2.46. The van der Waals surface area contributed by atoms with Crippen molar-refractivity contribution in [1.29, 1.82) is 0 Å². The molecular weight excluding hydrogens is 234 g/mol. The molecule has 2 rings (SSSR count). The summed E-state index contributed by atoms with van der Waals surface area (Å²) in [5.41, 5.74) is 1.48. The lowest BCUT2D eigenvalue weighted by Crippen LogP contribution is -2.31. The Kier molecular flexibility index (Phi) is 5.26. The molecule has 0 spiro atoms. The summed E-state index contributed by atoms with van der Waals surface area (Å²) in [4.78, 5) is 0. The first kappa shape index (κ1) is 14.4. The molecule has 0 amide bonds. The van der Waals surface area contributed by atoms with E-state index in [1.807, 2.05) is 0 Å². The van der Waals surface area contributed by atoms with Gasteiger partial charge in [-0.1, -0.05) is 32.4 Å². The average molecular weight is 261 g/mol. The molecule has 19 heavy (non-hydrogen) atoms. The third kappa shape index (κ3) is 3.73. The first-order chi connectivity index (χ1) is 9.24. The molecule has 0 saturated heterocycles. The van der Waals surface area contributed by atoms with Gasteiger partial charge in [0.2, 0.25) is 0 Å². The molecule has 1 aliphatic rings. The van der Waals surface area contributed by atoms with Crippen LogP contribution in [-0.4, -0.2) is 20.2 Å². The van der Waals surface area contributed by atoms with Crippen LogP contribution in [0.3, 0.4) is 0 Å². The normalized spacial score (nSPS) is 27.2. The number of benzene rings is 1. The zero-order valence-corrected chi connectivity index (χ0v) is 12.5. The van der Waals surface area contributed by atoms with Crippen LogP contribution in [0.5, 0.6) is 5.75 Å². The lowest BCUT2D eigenvalue weighted by Gasteiger charge is -2.35. The van der Waals surface area contributed by atoms with Crippen molar-refractivity contribution in [3.8, 4) is 5.75 Å². The Morgan fingerprint density at radius 3 is 2.58 bits per heavy atom. The van der Waals surface area contributed by atoms with E-state index in [1.165, 1.54) is 24.8 Å². The highest BCUT2D eigenvalue weighted by atomic mass is 16.5. The third-order valence-electron chi connectivity index (χ3n) is 4.46. The minimum absolute atomic E-state index is 0.703. The monoisotopic (exact) mass is 261 g/mol. The van der Waals surface area contributed by atoms with Gasteiger partial charge in [0.05, 0.1) is 7.11 Å². The molecule has 1 N–H and O–H groups in total. The molecule has 3 unspecified atom stereocenters. The number of hydrogen-bond acceptors (Lipinski definition) is 2. The summed E-state index contributed by atoms with van der Waals surface area (Å²) in [6.45, 7) is 6.80. The zero-order valence-electron chi connectivity index (χ0n) is 12.5. The van der Waals surface area contributed by atoms with E-state index in [9.17, 15) is 0 Å². The van der Waals surface area contributed by atoms with Gasteiger partial charge in [0, 0.05) is 0 Å². The second kappa shape index (κ2) is 6.95. The van der Waals surface area contributed by atoms with Crippen molar-refractivity contribution < 1.29 is 4.74 Å². The summed E-state index contributed by atoms with van der Waals surface area (Å²) in [6, 6.07) is 8.69. The van der Waals surface area contributed by atoms with Crippen LogP contribution in [-0.2, 0) is 0 Å². The number of rotatable bonds is 5. The topological polar surface area (TPSA) is 21.3 Å². The first-order valence-corrected chi connectivity index (χ1v) is 7.59. The zero-order chi connectivity index (χ0) is 13.7. The van der Waals surface area contributed by atoms with E-state index < -0.39 is 0 Å². The van der Waals surface area contributed by atoms with Crippen molar-refractivity contribution in [3.05, 3.63) is 29.8 Å². The highest BCUT2D eigenvalue weighted by Gasteiger charge is 2.29. The van der Waals surface area contributed by atoms with E-state index in [0.29, 0.717) is 5.92 Å². The van der Waals surface area contributed by atoms with Gasteiger partial charge in [-0.05, 0) is 61.4 Å². The van der Waals surface area contributed by atoms with Crippen molar-refractivity contribution in [2.24, 2.45) is 11.8 Å². The van der Waals surface area contributed by atoms with E-state index in [4.69, 9.17) is 4.74 Å². The maximum Gasteiger partial charge on any atom is 0.118 e. The van der Waals surface area contributed by atoms with Gasteiger partial charge in [-0.25, -0.2) is 0 Å². The molecule has 1 aromatic rings. The van der Waals surface area contributed by atoms with Gasteiger partial charge in [0.15, 0.2) is 0 Å². The van der Waals surface area contributed by atoms with Crippen molar-refractivity contribution in [2.75, 3.05) is 20.2 Å². The minimum atomic E-state index is 0.703. The molecule has 1 saturated carbocycles. The highest BCUT2D eigenvalue weighted by Crippen LogP contribution is 2.40. The molecular formula is C17H27NO. The van der Waals surface area contributed by atoms with Crippen LogP contribution in [0.4, 0.5) is 0 Å². The molecule has 1 fully saturated rings. The van der Waals surface area contributed by atoms with E-state index in [2.05, 4.69) is 43.4 Å². The van der Waals surface area contributed by atoms with Gasteiger partial charge in [-0.15, -0.1) is 0 Å². The van der Waals surface area contributed by atoms with Crippen LogP contribution in [0, 0.1) is 11.8 Å². The minimum Gasteiger partial charge on any atom is -0.497 e. The van der Waals surface area contributed by atoms with E-state index >= 15 is 0 Å². The molecule has 1 aromatic carbocycles. The van der Waals surface area contributed by atoms with Crippen LogP contribution < -0.4 is 10.1 Å². The van der Waals surface area contributed by atoms with Crippen molar-refractivity contribution >= 4 is 0 Å². The summed E-state index contributed by atoms with van der Waals surface area (Å²) in [5, 5.41) is 3.53. The van der Waals surface area contributed by atoms with Crippen molar-refractivity contribution in [3.63, 3.8) is 0 Å². The van der Waals surface area contributed by atoms with Gasteiger partial charge in [-0.3, -0.25) is 0 Å². The second-order valence-corrected chi connectivity index (χ2v) is 5.87. The van der Waals surface area contributed by atoms with Crippen molar-refractivity contribution in [2.45, 2.75) is 39.0 Å². The standard InChI is InChI=1S/C17H27NO/c1-4-18-12-15-6-5-13(2)11-17(15)14-7-9-16(19-3)10-8-14/h7-10,13,15,17-18H,4-6,11-12H2,1-3H3. The predicted molar refractivity (Wildman–Crippen MR) is 80.8 cm³/mol. The van der Waals surface area contributed by atoms with Crippen LogP contribution in [0.1, 0.15) is 44.6 Å². The largest absolute Gasteiger partial charge is 0.497 e. The Morgan fingerprint density at radius 2 is 1.95 bits per heavy atom. The molecule has 0 radical (unpaired) electrons. The Labute approximate surface area is 117 Å². The van der Waals surface area contributed by atoms with Gasteiger partial charge >= 0.3 is 0 Å². The Balaban J connectivity index is 2.11. The van der Waals surface area contributed by atoms with Crippen LogP contribution in [0.2, 0.25) is 0 Å². The van der Waals surface area contributed by atoms with E-state index in [1.54, 1.807) is 7.11 Å². The molecule has 0 heterocycles. The maximum absolute atomic E-state index is 5.26. The van der Waals surface area contributed by atoms with E-state index in [-0.39, 0.29) is 0 Å². The van der Waals surface area contributed by atoms with Gasteiger partial charge < -0.3 is 10.1 Å². The Hall–Kier alpha value is -1.02.